The van der Waals surface area contributed by atoms with Crippen LogP contribution in [-0.2, 0) is 6.54 Å². The number of benzene rings is 2. The number of ether oxygens (including phenoxy) is 1. The molecule has 1 fully saturated rings. The van der Waals surface area contributed by atoms with Crippen molar-refractivity contribution in [2.24, 2.45) is 0 Å². The van der Waals surface area contributed by atoms with Gasteiger partial charge in [0.05, 0.1) is 0 Å². The molecule has 0 bridgehead atoms. The van der Waals surface area contributed by atoms with Crippen LogP contribution in [0.2, 0.25) is 0 Å². The first-order chi connectivity index (χ1) is 10.3. The number of nitrogens with zero attached hydrogens (tertiary/aromatic N) is 1. The molecule has 0 unspecified atom stereocenters. The van der Waals surface area contributed by atoms with Gasteiger partial charge in [0.15, 0.2) is 6.61 Å². The molecule has 0 heterocycles. The maximum atomic E-state index is 8.47. The lowest BCUT2D eigenvalue weighted by Gasteiger charge is -2.09. The van der Waals surface area contributed by atoms with Crippen LogP contribution in [0.3, 0.4) is 0 Å². The second-order valence-electron chi connectivity index (χ2n) is 5.34. The normalized spacial score (nSPS) is 13.5. The Morgan fingerprint density at radius 1 is 1.14 bits per heavy atom. The minimum atomic E-state index is 0.0841. The van der Waals surface area contributed by atoms with E-state index in [-0.39, 0.29) is 6.61 Å². The topological polar surface area (TPSA) is 45.0 Å². The van der Waals surface area contributed by atoms with Gasteiger partial charge in [0.1, 0.15) is 11.8 Å². The molecule has 2 aromatic rings. The molecule has 1 saturated carbocycles. The first-order valence-corrected chi connectivity index (χ1v) is 7.27. The third-order valence-corrected chi connectivity index (χ3v) is 3.65. The predicted molar refractivity (Wildman–Crippen MR) is 83.3 cm³/mol. The third kappa shape index (κ3) is 3.76. The van der Waals surface area contributed by atoms with Gasteiger partial charge < -0.3 is 10.1 Å². The van der Waals surface area contributed by atoms with Crippen LogP contribution >= 0.6 is 0 Å². The summed E-state index contributed by atoms with van der Waals surface area (Å²) in [5, 5.41) is 11.9. The maximum absolute atomic E-state index is 8.47. The lowest BCUT2D eigenvalue weighted by Crippen LogP contribution is -2.00. The summed E-state index contributed by atoms with van der Waals surface area (Å²) in [5.74, 6) is 1.51. The van der Waals surface area contributed by atoms with Crippen molar-refractivity contribution < 1.29 is 4.74 Å². The molecule has 0 atom stereocenters. The van der Waals surface area contributed by atoms with Crippen molar-refractivity contribution >= 4 is 5.69 Å². The Labute approximate surface area is 125 Å². The van der Waals surface area contributed by atoms with Crippen LogP contribution in [-0.4, -0.2) is 6.61 Å². The van der Waals surface area contributed by atoms with Crippen LogP contribution in [0.1, 0.15) is 29.9 Å². The first kappa shape index (κ1) is 13.5. The molecule has 0 radical (unpaired) electrons. The van der Waals surface area contributed by atoms with Crippen LogP contribution in [0, 0.1) is 11.3 Å². The SMILES string of the molecule is N#CCOc1ccc(NCc2cccc(C3CC3)c2)cc1. The molecule has 0 amide bonds. The van der Waals surface area contributed by atoms with Gasteiger partial charge in [0.25, 0.3) is 0 Å². The van der Waals surface area contributed by atoms with Crippen molar-refractivity contribution in [2.75, 3.05) is 11.9 Å². The van der Waals surface area contributed by atoms with Gasteiger partial charge in [0, 0.05) is 12.2 Å². The number of hydrogen-bond donors (Lipinski definition) is 1. The summed E-state index contributed by atoms with van der Waals surface area (Å²) in [6.07, 6.45) is 2.67. The molecule has 1 N–H and O–H groups in total. The van der Waals surface area contributed by atoms with Crippen molar-refractivity contribution in [3.63, 3.8) is 0 Å². The summed E-state index contributed by atoms with van der Waals surface area (Å²) in [5.41, 5.74) is 3.83. The van der Waals surface area contributed by atoms with Crippen molar-refractivity contribution in [1.29, 1.82) is 5.26 Å². The molecule has 21 heavy (non-hydrogen) atoms. The smallest absolute Gasteiger partial charge is 0.174 e. The quantitative estimate of drug-likeness (QED) is 0.866. The zero-order valence-electron chi connectivity index (χ0n) is 11.9. The van der Waals surface area contributed by atoms with E-state index in [1.165, 1.54) is 24.0 Å². The van der Waals surface area contributed by atoms with E-state index >= 15 is 0 Å². The standard InChI is InChI=1S/C18H18N2O/c19-10-11-21-18-8-6-17(7-9-18)20-13-14-2-1-3-16(12-14)15-4-5-15/h1-3,6-9,12,15,20H,4-5,11,13H2. The first-order valence-electron chi connectivity index (χ1n) is 7.27. The fraction of sp³-hybridized carbons (Fsp3) is 0.278. The summed E-state index contributed by atoms with van der Waals surface area (Å²) in [6, 6.07) is 18.5. The highest BCUT2D eigenvalue weighted by Gasteiger charge is 2.23. The van der Waals surface area contributed by atoms with Crippen LogP contribution in [0.4, 0.5) is 5.69 Å². The number of rotatable bonds is 6. The van der Waals surface area contributed by atoms with E-state index in [2.05, 4.69) is 29.6 Å². The summed E-state index contributed by atoms with van der Waals surface area (Å²) >= 11 is 0. The Morgan fingerprint density at radius 3 is 2.67 bits per heavy atom. The zero-order chi connectivity index (χ0) is 14.5. The molecule has 1 aliphatic rings. The van der Waals surface area contributed by atoms with Crippen molar-refractivity contribution in [1.82, 2.24) is 0 Å². The largest absolute Gasteiger partial charge is 0.479 e. The van der Waals surface area contributed by atoms with Gasteiger partial charge in [-0.15, -0.1) is 0 Å². The number of nitriles is 1. The molecule has 0 aliphatic heterocycles. The highest BCUT2D eigenvalue weighted by molar-refractivity contribution is 5.47. The van der Waals surface area contributed by atoms with E-state index in [9.17, 15) is 0 Å². The summed E-state index contributed by atoms with van der Waals surface area (Å²) in [6.45, 7) is 0.902. The molecule has 2 aromatic carbocycles. The Morgan fingerprint density at radius 2 is 1.95 bits per heavy atom. The van der Waals surface area contributed by atoms with E-state index in [0.29, 0.717) is 0 Å². The van der Waals surface area contributed by atoms with Crippen molar-refractivity contribution in [3.8, 4) is 11.8 Å². The van der Waals surface area contributed by atoms with E-state index < -0.39 is 0 Å². The van der Waals surface area contributed by atoms with Gasteiger partial charge in [-0.1, -0.05) is 24.3 Å². The fourth-order valence-electron chi connectivity index (χ4n) is 2.36. The highest BCUT2D eigenvalue weighted by atomic mass is 16.5. The maximum Gasteiger partial charge on any atom is 0.174 e. The molecule has 3 heteroatoms. The second-order valence-corrected chi connectivity index (χ2v) is 5.34. The Balaban J connectivity index is 1.57. The average Bonchev–Trinajstić information content (AvgIpc) is 3.37. The monoisotopic (exact) mass is 278 g/mol. The Kier molecular flexibility index (Phi) is 4.07. The third-order valence-electron chi connectivity index (χ3n) is 3.65. The summed E-state index contributed by atoms with van der Waals surface area (Å²) in [7, 11) is 0. The van der Waals surface area contributed by atoms with Crippen LogP contribution < -0.4 is 10.1 Å². The van der Waals surface area contributed by atoms with Crippen LogP contribution in [0.15, 0.2) is 48.5 Å². The van der Waals surface area contributed by atoms with Crippen molar-refractivity contribution in [3.05, 3.63) is 59.7 Å². The minimum Gasteiger partial charge on any atom is -0.479 e. The summed E-state index contributed by atoms with van der Waals surface area (Å²) < 4.78 is 5.23. The number of anilines is 1. The summed E-state index contributed by atoms with van der Waals surface area (Å²) in [4.78, 5) is 0. The van der Waals surface area contributed by atoms with E-state index in [1.54, 1.807) is 0 Å². The molecular formula is C18H18N2O. The Bertz CT molecular complexity index is 639. The lowest BCUT2D eigenvalue weighted by atomic mass is 10.1. The van der Waals surface area contributed by atoms with E-state index in [1.807, 2.05) is 30.3 Å². The molecule has 0 saturated heterocycles. The number of hydrogen-bond acceptors (Lipinski definition) is 3. The van der Waals surface area contributed by atoms with Crippen LogP contribution in [0.5, 0.6) is 5.75 Å². The van der Waals surface area contributed by atoms with Crippen molar-refractivity contribution in [2.45, 2.75) is 25.3 Å². The second kappa shape index (κ2) is 6.32. The zero-order valence-corrected chi connectivity index (χ0v) is 11.9. The van der Waals surface area contributed by atoms with Gasteiger partial charge in [-0.05, 0) is 54.2 Å². The van der Waals surface area contributed by atoms with Gasteiger partial charge in [0.2, 0.25) is 0 Å². The van der Waals surface area contributed by atoms with Gasteiger partial charge in [-0.3, -0.25) is 0 Å². The van der Waals surface area contributed by atoms with E-state index in [4.69, 9.17) is 10.00 Å². The minimum absolute atomic E-state index is 0.0841. The molecule has 3 nitrogen and oxygen atoms in total. The highest BCUT2D eigenvalue weighted by Crippen LogP contribution is 2.40. The van der Waals surface area contributed by atoms with E-state index in [0.717, 1.165) is 23.9 Å². The number of nitrogens with one attached hydrogen (secondary N) is 1. The van der Waals surface area contributed by atoms with Crippen LogP contribution in [0.25, 0.3) is 0 Å². The molecule has 3 rings (SSSR count). The lowest BCUT2D eigenvalue weighted by molar-refractivity contribution is 0.368. The Hall–Kier alpha value is -2.47. The molecule has 106 valence electrons. The van der Waals surface area contributed by atoms with Gasteiger partial charge in [-0.25, -0.2) is 0 Å². The van der Waals surface area contributed by atoms with Gasteiger partial charge in [-0.2, -0.15) is 5.26 Å². The van der Waals surface area contributed by atoms with Gasteiger partial charge >= 0.3 is 0 Å². The fourth-order valence-corrected chi connectivity index (χ4v) is 2.36. The molecule has 0 spiro atoms. The molecule has 0 aromatic heterocycles. The predicted octanol–water partition coefficient (Wildman–Crippen LogP) is 4.08. The molecular weight excluding hydrogens is 260 g/mol. The molecule has 1 aliphatic carbocycles. The average molecular weight is 278 g/mol.